The van der Waals surface area contributed by atoms with Crippen molar-refractivity contribution >= 4 is 16.0 Å². The zero-order valence-electron chi connectivity index (χ0n) is 12.7. The second-order valence-corrected chi connectivity index (χ2v) is 6.96. The largest absolute Gasteiger partial charge is 0.444 e. The lowest BCUT2D eigenvalue weighted by atomic mass is 10.2. The van der Waals surface area contributed by atoms with Crippen LogP contribution in [0.4, 0.5) is 0 Å². The Morgan fingerprint density at radius 2 is 2.35 bits per heavy atom. The zero-order valence-corrected chi connectivity index (χ0v) is 13.5. The lowest BCUT2D eigenvalue weighted by Gasteiger charge is -2.12. The van der Waals surface area contributed by atoms with Crippen molar-refractivity contribution in [3.8, 4) is 6.07 Å². The van der Waals surface area contributed by atoms with Crippen LogP contribution in [0.2, 0.25) is 0 Å². The van der Waals surface area contributed by atoms with Gasteiger partial charge in [0.25, 0.3) is 0 Å². The molecule has 1 saturated heterocycles. The van der Waals surface area contributed by atoms with E-state index in [2.05, 4.69) is 4.72 Å². The van der Waals surface area contributed by atoms with Gasteiger partial charge in [-0.2, -0.15) is 5.26 Å². The van der Waals surface area contributed by atoms with Crippen LogP contribution in [0, 0.1) is 11.3 Å². The first-order valence-electron chi connectivity index (χ1n) is 7.24. The number of benzene rings is 1. The molecule has 1 heterocycles. The van der Waals surface area contributed by atoms with Crippen LogP contribution >= 0.6 is 0 Å². The molecule has 2 rings (SSSR count). The van der Waals surface area contributed by atoms with Crippen molar-refractivity contribution in [1.29, 1.82) is 5.26 Å². The Morgan fingerprint density at radius 1 is 1.57 bits per heavy atom. The topological polar surface area (TPSA) is 105 Å². The predicted octanol–water partition coefficient (Wildman–Crippen LogP) is 1.21. The lowest BCUT2D eigenvalue weighted by Crippen LogP contribution is -2.32. The van der Waals surface area contributed by atoms with Gasteiger partial charge >= 0.3 is 5.97 Å². The van der Waals surface area contributed by atoms with Crippen molar-refractivity contribution in [2.75, 3.05) is 13.2 Å². The van der Waals surface area contributed by atoms with E-state index in [0.717, 1.165) is 12.8 Å². The van der Waals surface area contributed by atoms with Crippen molar-refractivity contribution in [2.45, 2.75) is 36.9 Å². The molecule has 1 aliphatic heterocycles. The molecule has 1 aromatic carbocycles. The first kappa shape index (κ1) is 17.4. The molecule has 0 unspecified atom stereocenters. The van der Waals surface area contributed by atoms with Crippen LogP contribution < -0.4 is 4.72 Å². The van der Waals surface area contributed by atoms with Gasteiger partial charge in [0.1, 0.15) is 6.07 Å². The molecule has 124 valence electrons. The van der Waals surface area contributed by atoms with E-state index in [-0.39, 0.29) is 23.1 Å². The average Bonchev–Trinajstić information content (AvgIpc) is 3.06. The number of nitriles is 1. The molecule has 1 aliphatic rings. The number of nitrogens with zero attached hydrogens (tertiary/aromatic N) is 1. The van der Waals surface area contributed by atoms with Crippen LogP contribution in [-0.4, -0.2) is 39.7 Å². The molecule has 7 nitrogen and oxygen atoms in total. The molecule has 0 aliphatic carbocycles. The van der Waals surface area contributed by atoms with E-state index >= 15 is 0 Å². The number of carbonyl (C=O) groups is 1. The summed E-state index contributed by atoms with van der Waals surface area (Å²) in [7, 11) is -3.74. The maximum Gasteiger partial charge on any atom is 0.339 e. The molecule has 1 fully saturated rings. The third-order valence-electron chi connectivity index (χ3n) is 3.37. The number of nitrogens with one attached hydrogen (secondary N) is 1. The van der Waals surface area contributed by atoms with Crippen molar-refractivity contribution in [3.63, 3.8) is 0 Å². The summed E-state index contributed by atoms with van der Waals surface area (Å²) in [6, 6.07) is 7.28. The summed E-state index contributed by atoms with van der Waals surface area (Å²) >= 11 is 0. The van der Waals surface area contributed by atoms with E-state index < -0.39 is 22.1 Å². The standard InChI is InChI=1S/C15H18N2O5S/c1-11(9-16)22-15(18)12-4-2-6-14(8-12)23(19,20)17-10-13-5-3-7-21-13/h2,4,6,8,11,13,17H,3,5,7,10H2,1H3/t11-,13-/m0/s1. The van der Waals surface area contributed by atoms with Gasteiger partial charge in [-0.3, -0.25) is 0 Å². The highest BCUT2D eigenvalue weighted by atomic mass is 32.2. The number of sulfonamides is 1. The summed E-state index contributed by atoms with van der Waals surface area (Å²) < 4.78 is 37.2. The predicted molar refractivity (Wildman–Crippen MR) is 81.1 cm³/mol. The summed E-state index contributed by atoms with van der Waals surface area (Å²) in [5.41, 5.74) is 0.0760. The van der Waals surface area contributed by atoms with E-state index in [0.29, 0.717) is 6.61 Å². The van der Waals surface area contributed by atoms with E-state index in [1.165, 1.54) is 31.2 Å². The quantitative estimate of drug-likeness (QED) is 0.782. The van der Waals surface area contributed by atoms with Gasteiger partial charge in [-0.15, -0.1) is 0 Å². The van der Waals surface area contributed by atoms with Gasteiger partial charge in [0, 0.05) is 13.2 Å². The molecule has 23 heavy (non-hydrogen) atoms. The molecule has 1 N–H and O–H groups in total. The van der Waals surface area contributed by atoms with Gasteiger partial charge < -0.3 is 9.47 Å². The fraction of sp³-hybridized carbons (Fsp3) is 0.467. The number of carbonyl (C=O) groups excluding carboxylic acids is 1. The molecule has 8 heteroatoms. The Hall–Kier alpha value is -1.95. The monoisotopic (exact) mass is 338 g/mol. The Morgan fingerprint density at radius 3 is 3.00 bits per heavy atom. The molecule has 1 aromatic rings. The minimum atomic E-state index is -3.74. The van der Waals surface area contributed by atoms with E-state index in [9.17, 15) is 13.2 Å². The first-order chi connectivity index (χ1) is 10.9. The smallest absolute Gasteiger partial charge is 0.339 e. The Bertz CT molecular complexity index is 705. The van der Waals surface area contributed by atoms with Crippen molar-refractivity contribution in [1.82, 2.24) is 4.72 Å². The highest BCUT2D eigenvalue weighted by molar-refractivity contribution is 7.89. The van der Waals surface area contributed by atoms with E-state index in [1.807, 2.05) is 0 Å². The second-order valence-electron chi connectivity index (χ2n) is 5.19. The average molecular weight is 338 g/mol. The molecule has 0 aromatic heterocycles. The van der Waals surface area contributed by atoms with Crippen LogP contribution in [-0.2, 0) is 19.5 Å². The van der Waals surface area contributed by atoms with Crippen LogP contribution in [0.3, 0.4) is 0 Å². The van der Waals surface area contributed by atoms with Gasteiger partial charge in [0.05, 0.1) is 16.6 Å². The normalized spacial score (nSPS) is 19.0. The van der Waals surface area contributed by atoms with Crippen LogP contribution in [0.1, 0.15) is 30.1 Å². The number of esters is 1. The maximum absolute atomic E-state index is 12.3. The first-order valence-corrected chi connectivity index (χ1v) is 8.72. The minimum absolute atomic E-state index is 0.0328. The zero-order chi connectivity index (χ0) is 16.9. The number of hydrogen-bond donors (Lipinski definition) is 1. The third kappa shape index (κ3) is 4.76. The van der Waals surface area contributed by atoms with E-state index in [4.69, 9.17) is 14.7 Å². The third-order valence-corrected chi connectivity index (χ3v) is 4.79. The molecule has 0 amide bonds. The Balaban J connectivity index is 2.08. The molecular weight excluding hydrogens is 320 g/mol. The second kappa shape index (κ2) is 7.55. The molecular formula is C15H18N2O5S. The van der Waals surface area contributed by atoms with Crippen LogP contribution in [0.15, 0.2) is 29.2 Å². The molecule has 2 atom stereocenters. The number of hydrogen-bond acceptors (Lipinski definition) is 6. The fourth-order valence-corrected chi connectivity index (χ4v) is 3.25. The highest BCUT2D eigenvalue weighted by Gasteiger charge is 2.21. The van der Waals surface area contributed by atoms with Crippen LogP contribution in [0.25, 0.3) is 0 Å². The van der Waals surface area contributed by atoms with Crippen LogP contribution in [0.5, 0.6) is 0 Å². The molecule has 0 bridgehead atoms. The Kier molecular flexibility index (Phi) is 5.71. The number of ether oxygens (including phenoxy) is 2. The maximum atomic E-state index is 12.3. The van der Waals surface area contributed by atoms with Crippen molar-refractivity contribution in [3.05, 3.63) is 29.8 Å². The Labute approximate surface area is 135 Å². The van der Waals surface area contributed by atoms with Crippen molar-refractivity contribution in [2.24, 2.45) is 0 Å². The minimum Gasteiger partial charge on any atom is -0.444 e. The summed E-state index contributed by atoms with van der Waals surface area (Å²) in [5, 5.41) is 8.64. The van der Waals surface area contributed by atoms with Gasteiger partial charge in [0.15, 0.2) is 6.10 Å². The lowest BCUT2D eigenvalue weighted by molar-refractivity contribution is 0.0435. The molecule has 0 spiro atoms. The molecule has 0 saturated carbocycles. The fourth-order valence-electron chi connectivity index (χ4n) is 2.14. The summed E-state index contributed by atoms with van der Waals surface area (Å²) in [6.07, 6.45) is 0.723. The van der Waals surface area contributed by atoms with Gasteiger partial charge in [-0.25, -0.2) is 17.9 Å². The van der Waals surface area contributed by atoms with Gasteiger partial charge in [0.2, 0.25) is 10.0 Å². The highest BCUT2D eigenvalue weighted by Crippen LogP contribution is 2.15. The summed E-state index contributed by atoms with van der Waals surface area (Å²) in [5.74, 6) is -0.741. The summed E-state index contributed by atoms with van der Waals surface area (Å²) in [6.45, 7) is 2.27. The summed E-state index contributed by atoms with van der Waals surface area (Å²) in [4.78, 5) is 11.8. The van der Waals surface area contributed by atoms with Gasteiger partial charge in [-0.05, 0) is 38.0 Å². The SMILES string of the molecule is C[C@@H](C#N)OC(=O)c1cccc(S(=O)(=O)NC[C@@H]2CCCO2)c1. The van der Waals surface area contributed by atoms with E-state index in [1.54, 1.807) is 6.07 Å². The molecule has 0 radical (unpaired) electrons. The van der Waals surface area contributed by atoms with Crippen molar-refractivity contribution < 1.29 is 22.7 Å². The number of rotatable bonds is 6. The van der Waals surface area contributed by atoms with Gasteiger partial charge in [-0.1, -0.05) is 6.07 Å².